The molecule has 2 aromatic rings. The van der Waals surface area contributed by atoms with E-state index in [1.54, 1.807) is 30.3 Å². The number of benzene rings is 2. The Labute approximate surface area is 109 Å². The minimum atomic E-state index is -4.35. The molecule has 100 valence electrons. The molecule has 5 heteroatoms. The van der Waals surface area contributed by atoms with Crippen molar-refractivity contribution in [3.8, 4) is 0 Å². The van der Waals surface area contributed by atoms with Gasteiger partial charge in [0.15, 0.2) is 0 Å². The number of rotatable bonds is 2. The molecule has 0 saturated heterocycles. The van der Waals surface area contributed by atoms with Gasteiger partial charge in [0.1, 0.15) is 0 Å². The van der Waals surface area contributed by atoms with E-state index < -0.39 is 11.7 Å². The van der Waals surface area contributed by atoms with Crippen LogP contribution in [0.15, 0.2) is 42.5 Å². The number of nitrogens with one attached hydrogen (secondary N) is 1. The fraction of sp³-hybridized carbons (Fsp3) is 0.143. The van der Waals surface area contributed by atoms with Gasteiger partial charge in [-0.2, -0.15) is 13.2 Å². The maximum absolute atomic E-state index is 12.8. The van der Waals surface area contributed by atoms with Gasteiger partial charge in [0, 0.05) is 17.1 Å². The van der Waals surface area contributed by atoms with Crippen molar-refractivity contribution in [2.24, 2.45) is 0 Å². The molecule has 0 unspecified atom stereocenters. The fourth-order valence-corrected chi connectivity index (χ4v) is 1.79. The molecule has 19 heavy (non-hydrogen) atoms. The Morgan fingerprint density at radius 3 is 2.32 bits per heavy atom. The summed E-state index contributed by atoms with van der Waals surface area (Å²) < 4.78 is 38.4. The van der Waals surface area contributed by atoms with Gasteiger partial charge in [-0.15, -0.1) is 0 Å². The summed E-state index contributed by atoms with van der Waals surface area (Å²) in [6.07, 6.45) is -4.35. The normalized spacial score (nSPS) is 11.4. The van der Waals surface area contributed by atoms with Crippen LogP contribution in [0.3, 0.4) is 0 Å². The van der Waals surface area contributed by atoms with Crippen molar-refractivity contribution in [1.29, 1.82) is 0 Å². The molecule has 0 saturated carbocycles. The third-order valence-corrected chi connectivity index (χ3v) is 2.72. The molecule has 0 heterocycles. The number of hydrogen-bond acceptors (Lipinski definition) is 2. The van der Waals surface area contributed by atoms with E-state index >= 15 is 0 Å². The summed E-state index contributed by atoms with van der Waals surface area (Å²) in [5, 5.41) is 2.90. The van der Waals surface area contributed by atoms with Gasteiger partial charge in [-0.1, -0.05) is 12.1 Å². The quantitative estimate of drug-likeness (QED) is 0.793. The summed E-state index contributed by atoms with van der Waals surface area (Å²) in [4.78, 5) is 0. The van der Waals surface area contributed by atoms with Crippen LogP contribution in [0.1, 0.15) is 11.1 Å². The number of aryl methyl sites for hydroxylation is 1. The SMILES string of the molecule is Cc1ccc(Nc2cccc(N)c2)cc1C(F)(F)F. The van der Waals surface area contributed by atoms with Crippen LogP contribution < -0.4 is 11.1 Å². The zero-order valence-electron chi connectivity index (χ0n) is 10.3. The third-order valence-electron chi connectivity index (χ3n) is 2.72. The van der Waals surface area contributed by atoms with Gasteiger partial charge >= 0.3 is 6.18 Å². The van der Waals surface area contributed by atoms with Gasteiger partial charge in [0.25, 0.3) is 0 Å². The second-order valence-electron chi connectivity index (χ2n) is 4.28. The van der Waals surface area contributed by atoms with Gasteiger partial charge in [0.05, 0.1) is 5.56 Å². The van der Waals surface area contributed by atoms with Gasteiger partial charge in [-0.25, -0.2) is 0 Å². The van der Waals surface area contributed by atoms with Crippen LogP contribution >= 0.6 is 0 Å². The van der Waals surface area contributed by atoms with Gasteiger partial charge < -0.3 is 11.1 Å². The average molecular weight is 266 g/mol. The topological polar surface area (TPSA) is 38.0 Å². The molecule has 0 fully saturated rings. The lowest BCUT2D eigenvalue weighted by Gasteiger charge is -2.13. The highest BCUT2D eigenvalue weighted by molar-refractivity contribution is 5.64. The molecule has 0 aromatic heterocycles. The van der Waals surface area contributed by atoms with E-state index in [2.05, 4.69) is 5.32 Å². The predicted octanol–water partition coefficient (Wildman–Crippen LogP) is 4.34. The van der Waals surface area contributed by atoms with Crippen molar-refractivity contribution in [1.82, 2.24) is 0 Å². The Morgan fingerprint density at radius 2 is 1.68 bits per heavy atom. The van der Waals surface area contributed by atoms with Crippen LogP contribution in [0.2, 0.25) is 0 Å². The molecule has 2 nitrogen and oxygen atoms in total. The van der Waals surface area contributed by atoms with E-state index in [0.29, 0.717) is 17.1 Å². The summed E-state index contributed by atoms with van der Waals surface area (Å²) in [6, 6.07) is 11.0. The minimum Gasteiger partial charge on any atom is -0.399 e. The number of nitrogens with two attached hydrogens (primary N) is 1. The van der Waals surface area contributed by atoms with Crippen LogP contribution in [0.4, 0.5) is 30.2 Å². The van der Waals surface area contributed by atoms with Crippen molar-refractivity contribution in [3.63, 3.8) is 0 Å². The van der Waals surface area contributed by atoms with E-state index in [-0.39, 0.29) is 5.56 Å². The lowest BCUT2D eigenvalue weighted by molar-refractivity contribution is -0.138. The van der Waals surface area contributed by atoms with Gasteiger partial charge in [0.2, 0.25) is 0 Å². The smallest absolute Gasteiger partial charge is 0.399 e. The van der Waals surface area contributed by atoms with E-state index in [1.165, 1.54) is 13.0 Å². The summed E-state index contributed by atoms with van der Waals surface area (Å²) in [5.41, 5.74) is 6.76. The first-order valence-electron chi connectivity index (χ1n) is 5.67. The molecule has 3 N–H and O–H groups in total. The van der Waals surface area contributed by atoms with Crippen LogP contribution in [0.5, 0.6) is 0 Å². The Hall–Kier alpha value is -2.17. The molecule has 2 rings (SSSR count). The number of anilines is 3. The lowest BCUT2D eigenvalue weighted by atomic mass is 10.1. The maximum Gasteiger partial charge on any atom is 0.416 e. The maximum atomic E-state index is 12.8. The summed E-state index contributed by atoms with van der Waals surface area (Å²) in [7, 11) is 0. The van der Waals surface area contributed by atoms with Crippen molar-refractivity contribution in [2.75, 3.05) is 11.1 Å². The third kappa shape index (κ3) is 3.19. The van der Waals surface area contributed by atoms with E-state index in [9.17, 15) is 13.2 Å². The van der Waals surface area contributed by atoms with Crippen LogP contribution in [0, 0.1) is 6.92 Å². The Morgan fingerprint density at radius 1 is 1.00 bits per heavy atom. The number of halogens is 3. The first kappa shape index (κ1) is 13.3. The molecule has 0 aliphatic rings. The standard InChI is InChI=1S/C14H13F3N2/c1-9-5-6-12(8-13(9)14(15,16)17)19-11-4-2-3-10(18)7-11/h2-8,19H,18H2,1H3. The van der Waals surface area contributed by atoms with Crippen LogP contribution in [0.25, 0.3) is 0 Å². The molecule has 0 spiro atoms. The second kappa shape index (κ2) is 4.84. The Balaban J connectivity index is 2.32. The Bertz CT molecular complexity index is 591. The molecular formula is C14H13F3N2. The van der Waals surface area contributed by atoms with Crippen molar-refractivity contribution < 1.29 is 13.2 Å². The lowest BCUT2D eigenvalue weighted by Crippen LogP contribution is -2.08. The van der Waals surface area contributed by atoms with Gasteiger partial charge in [-0.3, -0.25) is 0 Å². The Kier molecular flexibility index (Phi) is 3.38. The highest BCUT2D eigenvalue weighted by Gasteiger charge is 2.32. The van der Waals surface area contributed by atoms with Crippen molar-refractivity contribution in [2.45, 2.75) is 13.1 Å². The molecule has 0 bridgehead atoms. The zero-order valence-corrected chi connectivity index (χ0v) is 10.3. The molecule has 0 aliphatic heterocycles. The number of hydrogen-bond donors (Lipinski definition) is 2. The fourth-order valence-electron chi connectivity index (χ4n) is 1.79. The molecular weight excluding hydrogens is 253 g/mol. The highest BCUT2D eigenvalue weighted by Crippen LogP contribution is 2.34. The van der Waals surface area contributed by atoms with Gasteiger partial charge in [-0.05, 0) is 42.8 Å². The first-order chi connectivity index (χ1) is 8.86. The summed E-state index contributed by atoms with van der Waals surface area (Å²) >= 11 is 0. The van der Waals surface area contributed by atoms with Crippen LogP contribution in [-0.4, -0.2) is 0 Å². The number of alkyl halides is 3. The molecule has 2 aromatic carbocycles. The second-order valence-corrected chi connectivity index (χ2v) is 4.28. The zero-order chi connectivity index (χ0) is 14.0. The van der Waals surface area contributed by atoms with E-state index in [4.69, 9.17) is 5.73 Å². The van der Waals surface area contributed by atoms with Crippen molar-refractivity contribution in [3.05, 3.63) is 53.6 Å². The minimum absolute atomic E-state index is 0.200. The van der Waals surface area contributed by atoms with E-state index in [1.807, 2.05) is 0 Å². The molecule has 0 radical (unpaired) electrons. The largest absolute Gasteiger partial charge is 0.416 e. The monoisotopic (exact) mass is 266 g/mol. The van der Waals surface area contributed by atoms with Crippen LogP contribution in [-0.2, 0) is 6.18 Å². The number of nitrogen functional groups attached to an aromatic ring is 1. The summed E-state index contributed by atoms with van der Waals surface area (Å²) in [5.74, 6) is 0. The molecule has 0 amide bonds. The first-order valence-corrected chi connectivity index (χ1v) is 5.67. The average Bonchev–Trinajstić information content (AvgIpc) is 2.30. The predicted molar refractivity (Wildman–Crippen MR) is 70.3 cm³/mol. The summed E-state index contributed by atoms with van der Waals surface area (Å²) in [6.45, 7) is 1.44. The van der Waals surface area contributed by atoms with E-state index in [0.717, 1.165) is 6.07 Å². The van der Waals surface area contributed by atoms with Crippen molar-refractivity contribution >= 4 is 17.1 Å². The molecule has 0 atom stereocenters. The molecule has 0 aliphatic carbocycles. The highest BCUT2D eigenvalue weighted by atomic mass is 19.4.